The Morgan fingerprint density at radius 1 is 0.774 bits per heavy atom. The quantitative estimate of drug-likeness (QED) is 0.147. The van der Waals surface area contributed by atoms with Gasteiger partial charge in [-0.2, -0.15) is 13.2 Å². The third kappa shape index (κ3) is 9.35. The van der Waals surface area contributed by atoms with E-state index in [0.29, 0.717) is 6.54 Å². The van der Waals surface area contributed by atoms with Gasteiger partial charge in [-0.3, -0.25) is 0 Å². The summed E-state index contributed by atoms with van der Waals surface area (Å²) < 4.78 is 85.9. The Morgan fingerprint density at radius 2 is 1.36 bits per heavy atom. The van der Waals surface area contributed by atoms with Gasteiger partial charge in [0.05, 0.1) is 17.2 Å². The first-order valence-corrected chi connectivity index (χ1v) is 20.5. The molecule has 5 rings (SSSR count). The Balaban J connectivity index is 1.46. The third-order valence-corrected chi connectivity index (χ3v) is 12.9. The molecule has 0 saturated heterocycles. The van der Waals surface area contributed by atoms with Crippen LogP contribution in [0.5, 0.6) is 0 Å². The first-order chi connectivity index (χ1) is 24.9. The number of hydrogen-bond acceptors (Lipinski definition) is 6. The molecular formula is C41H44F3N3O4S2. The summed E-state index contributed by atoms with van der Waals surface area (Å²) in [6, 6.07) is 32.8. The predicted octanol–water partition coefficient (Wildman–Crippen LogP) is 9.32. The van der Waals surface area contributed by atoms with Gasteiger partial charge in [0.1, 0.15) is 0 Å². The number of nitrogens with zero attached hydrogens (tertiary/aromatic N) is 2. The average Bonchev–Trinajstić information content (AvgIpc) is 3.11. The summed E-state index contributed by atoms with van der Waals surface area (Å²) in [5, 5.41) is 0. The predicted molar refractivity (Wildman–Crippen MR) is 209 cm³/mol. The van der Waals surface area contributed by atoms with E-state index in [9.17, 15) is 30.0 Å². The van der Waals surface area contributed by atoms with Crippen molar-refractivity contribution in [3.8, 4) is 0 Å². The highest BCUT2D eigenvalue weighted by molar-refractivity contribution is 8.05. The van der Waals surface area contributed by atoms with E-state index in [1.54, 1.807) is 0 Å². The molecule has 0 spiro atoms. The van der Waals surface area contributed by atoms with Gasteiger partial charge in [-0.25, -0.2) is 21.8 Å². The number of aryl methyl sites for hydroxylation is 1. The third-order valence-electron chi connectivity index (χ3n) is 9.58. The molecular weight excluding hydrogens is 720 g/mol. The van der Waals surface area contributed by atoms with Crippen LogP contribution in [0.2, 0.25) is 0 Å². The maximum absolute atomic E-state index is 12.7. The minimum absolute atomic E-state index is 0.0819. The summed E-state index contributed by atoms with van der Waals surface area (Å²) in [7, 11) is -10.8. The Morgan fingerprint density at radius 3 is 1.92 bits per heavy atom. The van der Waals surface area contributed by atoms with Gasteiger partial charge >= 0.3 is 15.5 Å². The molecule has 0 bridgehead atoms. The van der Waals surface area contributed by atoms with E-state index in [0.717, 1.165) is 66.6 Å². The van der Waals surface area contributed by atoms with E-state index in [2.05, 4.69) is 87.5 Å². The fourth-order valence-electron chi connectivity index (χ4n) is 6.14. The van der Waals surface area contributed by atoms with Crippen LogP contribution in [-0.2, 0) is 25.5 Å². The number of anilines is 1. The molecule has 0 aliphatic heterocycles. The van der Waals surface area contributed by atoms with Gasteiger partial charge in [-0.1, -0.05) is 105 Å². The standard InChI is InChI=1S/C41H44F3N3O4S2/c1-6-40(4,5)32-19-21-33(22-20-32)45-38-26-25-37(35-11-8-9-12-36(35)38)39(30-15-13-29(3)14-16-30)31-17-23-34(24-18-31)47(7-2)27-10-28-52(48,49)46-53(50,51)41(42,43)44/h8-9,11-26,46H,6-7,10,27-28H2,1-5H3. The summed E-state index contributed by atoms with van der Waals surface area (Å²) in [6.07, 6.45) is 5.09. The lowest BCUT2D eigenvalue weighted by atomic mass is 9.82. The number of benzene rings is 4. The maximum Gasteiger partial charge on any atom is 0.512 e. The van der Waals surface area contributed by atoms with Crippen LogP contribution in [0.25, 0.3) is 11.1 Å². The van der Waals surface area contributed by atoms with Crippen molar-refractivity contribution in [3.05, 3.63) is 143 Å². The second-order valence-corrected chi connectivity index (χ2v) is 17.4. The van der Waals surface area contributed by atoms with Gasteiger partial charge in [-0.05, 0) is 95.8 Å². The summed E-state index contributed by atoms with van der Waals surface area (Å²) in [4.78, 5) is 6.93. The van der Waals surface area contributed by atoms with Crippen molar-refractivity contribution in [2.75, 3.05) is 23.7 Å². The van der Waals surface area contributed by atoms with E-state index in [-0.39, 0.29) is 18.4 Å². The number of nitrogens with one attached hydrogen (secondary N) is 1. The molecule has 12 heteroatoms. The lowest BCUT2D eigenvalue weighted by Crippen LogP contribution is -2.41. The van der Waals surface area contributed by atoms with E-state index >= 15 is 0 Å². The maximum atomic E-state index is 12.7. The second kappa shape index (κ2) is 15.8. The molecule has 0 saturated carbocycles. The van der Waals surface area contributed by atoms with E-state index in [1.165, 1.54) is 5.56 Å². The minimum atomic E-state index is -6.02. The number of hydrogen-bond donors (Lipinski definition) is 1. The van der Waals surface area contributed by atoms with Gasteiger partial charge in [0.15, 0.2) is 0 Å². The molecule has 0 heterocycles. The van der Waals surface area contributed by atoms with Crippen LogP contribution in [0.3, 0.4) is 0 Å². The largest absolute Gasteiger partial charge is 0.512 e. The first kappa shape index (κ1) is 39.7. The lowest BCUT2D eigenvalue weighted by molar-refractivity contribution is -0.0441. The number of fused-ring (bicyclic) bond motifs is 1. The normalized spacial score (nSPS) is 15.4. The number of sulfonamides is 2. The van der Waals surface area contributed by atoms with Crippen molar-refractivity contribution < 1.29 is 30.0 Å². The lowest BCUT2D eigenvalue weighted by Gasteiger charge is -2.24. The molecule has 0 fully saturated rings. The van der Waals surface area contributed by atoms with E-state index < -0.39 is 31.3 Å². The number of halogens is 3. The molecule has 280 valence electrons. The zero-order chi connectivity index (χ0) is 38.6. The Hall–Kier alpha value is -4.52. The minimum Gasteiger partial charge on any atom is -0.372 e. The molecule has 0 unspecified atom stereocenters. The van der Waals surface area contributed by atoms with Crippen LogP contribution in [0.4, 0.5) is 24.5 Å². The highest BCUT2D eigenvalue weighted by atomic mass is 32.3. The van der Waals surface area contributed by atoms with Crippen molar-refractivity contribution >= 4 is 48.3 Å². The van der Waals surface area contributed by atoms with Crippen LogP contribution in [-0.4, -0.2) is 46.9 Å². The zero-order valence-corrected chi connectivity index (χ0v) is 32.0. The van der Waals surface area contributed by atoms with Gasteiger partial charge < -0.3 is 4.90 Å². The Bertz CT molecular complexity index is 2240. The van der Waals surface area contributed by atoms with Crippen LogP contribution < -0.4 is 9.03 Å². The molecule has 1 aliphatic carbocycles. The fraction of sp³-hybridized carbons (Fsp3) is 0.293. The van der Waals surface area contributed by atoms with Crippen LogP contribution in [0.15, 0.2) is 114 Å². The second-order valence-electron chi connectivity index (χ2n) is 13.6. The highest BCUT2D eigenvalue weighted by Gasteiger charge is 2.48. The Labute approximate surface area is 311 Å². The smallest absolute Gasteiger partial charge is 0.372 e. The molecule has 0 aromatic heterocycles. The highest BCUT2D eigenvalue weighted by Crippen LogP contribution is 2.38. The molecule has 53 heavy (non-hydrogen) atoms. The van der Waals surface area contributed by atoms with Crippen LogP contribution in [0, 0.1) is 6.92 Å². The molecule has 4 aromatic rings. The molecule has 0 radical (unpaired) electrons. The first-order valence-electron chi connectivity index (χ1n) is 17.4. The van der Waals surface area contributed by atoms with Gasteiger partial charge in [0.2, 0.25) is 10.0 Å². The van der Waals surface area contributed by atoms with Crippen molar-refractivity contribution in [3.63, 3.8) is 0 Å². The molecule has 4 aromatic carbocycles. The number of allylic oxidation sites excluding steroid dienone is 3. The zero-order valence-electron chi connectivity index (χ0n) is 30.4. The Kier molecular flexibility index (Phi) is 11.9. The van der Waals surface area contributed by atoms with Crippen molar-refractivity contribution in [2.45, 2.75) is 58.4 Å². The SMILES string of the molecule is CCN(CCCS(=O)(=O)NS(=O)(=O)C(F)(F)F)c1ccc(C(=C2C=CC(=Nc3ccc(C(C)(C)CC)cc3)c3ccccc32)c2ccc(C)cc2)cc1. The van der Waals surface area contributed by atoms with Gasteiger partial charge in [0, 0.05) is 24.3 Å². The number of alkyl halides is 3. The van der Waals surface area contributed by atoms with Crippen molar-refractivity contribution in [1.29, 1.82) is 0 Å². The van der Waals surface area contributed by atoms with Crippen LogP contribution in [0.1, 0.15) is 73.9 Å². The number of rotatable bonds is 13. The topological polar surface area (TPSA) is 95.9 Å². The monoisotopic (exact) mass is 763 g/mol. The fourth-order valence-corrected chi connectivity index (χ4v) is 8.69. The summed E-state index contributed by atoms with van der Waals surface area (Å²) in [5.41, 5.74) is 5.31. The van der Waals surface area contributed by atoms with Gasteiger partial charge in [-0.15, -0.1) is 4.13 Å². The van der Waals surface area contributed by atoms with E-state index in [4.69, 9.17) is 4.99 Å². The van der Waals surface area contributed by atoms with Crippen LogP contribution >= 0.6 is 0 Å². The molecule has 7 nitrogen and oxygen atoms in total. The molecule has 1 aliphatic rings. The van der Waals surface area contributed by atoms with E-state index in [1.807, 2.05) is 61.2 Å². The van der Waals surface area contributed by atoms with Crippen molar-refractivity contribution in [1.82, 2.24) is 4.13 Å². The summed E-state index contributed by atoms with van der Waals surface area (Å²) >= 11 is 0. The summed E-state index contributed by atoms with van der Waals surface area (Å²) in [5.74, 6) is -0.792. The molecule has 0 amide bonds. The molecule has 0 atom stereocenters. The average molecular weight is 764 g/mol. The summed E-state index contributed by atoms with van der Waals surface area (Å²) in [6.45, 7) is 11.2. The van der Waals surface area contributed by atoms with Gasteiger partial charge in [0.25, 0.3) is 0 Å². The van der Waals surface area contributed by atoms with Crippen molar-refractivity contribution in [2.24, 2.45) is 4.99 Å². The number of aliphatic imine (C=N–C) groups is 1. The molecule has 1 N–H and O–H groups in total.